The van der Waals surface area contributed by atoms with Crippen LogP contribution in [-0.2, 0) is 17.8 Å². The minimum Gasteiger partial charge on any atom is -0.480 e. The fourth-order valence-corrected chi connectivity index (χ4v) is 1.50. The molecule has 19 heavy (non-hydrogen) atoms. The van der Waals surface area contributed by atoms with E-state index in [1.807, 2.05) is 13.8 Å². The molecule has 106 valence electrons. The van der Waals surface area contributed by atoms with Crippen molar-refractivity contribution in [3.8, 4) is 0 Å². The van der Waals surface area contributed by atoms with Gasteiger partial charge in [0.05, 0.1) is 12.7 Å². The molecule has 0 aromatic carbocycles. The number of hydrogen-bond donors (Lipinski definition) is 3. The predicted molar refractivity (Wildman–Crippen MR) is 67.6 cm³/mol. The molecular weight excluding hydrogens is 250 g/mol. The maximum Gasteiger partial charge on any atom is 0.326 e. The second-order valence-electron chi connectivity index (χ2n) is 4.08. The lowest BCUT2D eigenvalue weighted by Gasteiger charge is -2.13. The summed E-state index contributed by atoms with van der Waals surface area (Å²) >= 11 is 0. The van der Waals surface area contributed by atoms with Gasteiger partial charge in [-0.25, -0.2) is 14.6 Å². The third-order valence-electron chi connectivity index (χ3n) is 2.53. The zero-order valence-corrected chi connectivity index (χ0v) is 11.1. The highest BCUT2D eigenvalue weighted by molar-refractivity contribution is 5.82. The van der Waals surface area contributed by atoms with Gasteiger partial charge in [-0.3, -0.25) is 0 Å². The summed E-state index contributed by atoms with van der Waals surface area (Å²) in [5, 5.41) is 13.8. The van der Waals surface area contributed by atoms with Gasteiger partial charge in [-0.2, -0.15) is 0 Å². The largest absolute Gasteiger partial charge is 0.480 e. The van der Waals surface area contributed by atoms with E-state index in [2.05, 4.69) is 15.6 Å². The molecule has 0 unspecified atom stereocenters. The third kappa shape index (κ3) is 4.99. The van der Waals surface area contributed by atoms with Crippen molar-refractivity contribution in [1.29, 1.82) is 0 Å². The van der Waals surface area contributed by atoms with E-state index in [0.717, 1.165) is 12.2 Å². The summed E-state index contributed by atoms with van der Waals surface area (Å²) in [4.78, 5) is 26.4. The number of carboxylic acid groups (broad SMARTS) is 1. The van der Waals surface area contributed by atoms with E-state index in [4.69, 9.17) is 9.52 Å². The quantitative estimate of drug-likeness (QED) is 0.691. The van der Waals surface area contributed by atoms with Crippen LogP contribution in [0.15, 0.2) is 10.6 Å². The van der Waals surface area contributed by atoms with Crippen molar-refractivity contribution in [2.24, 2.45) is 0 Å². The van der Waals surface area contributed by atoms with Gasteiger partial charge in [-0.1, -0.05) is 20.3 Å². The van der Waals surface area contributed by atoms with Crippen molar-refractivity contribution in [3.63, 3.8) is 0 Å². The number of carbonyl (C=O) groups excluding carboxylic acids is 1. The van der Waals surface area contributed by atoms with Gasteiger partial charge in [-0.15, -0.1) is 0 Å². The molecule has 0 aliphatic carbocycles. The molecule has 0 aliphatic heterocycles. The number of carbonyl (C=O) groups is 2. The topological polar surface area (TPSA) is 104 Å². The summed E-state index contributed by atoms with van der Waals surface area (Å²) in [6.07, 6.45) is 3.40. The minimum atomic E-state index is -1.04. The van der Waals surface area contributed by atoms with Crippen molar-refractivity contribution in [2.75, 3.05) is 0 Å². The molecule has 0 aliphatic rings. The molecule has 0 fully saturated rings. The molecule has 1 atom stereocenters. The Hall–Kier alpha value is -2.05. The van der Waals surface area contributed by atoms with E-state index in [-0.39, 0.29) is 6.54 Å². The van der Waals surface area contributed by atoms with Gasteiger partial charge in [0.1, 0.15) is 11.8 Å². The number of aromatic nitrogens is 1. The van der Waals surface area contributed by atoms with Crippen LogP contribution in [0.2, 0.25) is 0 Å². The van der Waals surface area contributed by atoms with Crippen LogP contribution in [0.4, 0.5) is 4.79 Å². The fraction of sp³-hybridized carbons (Fsp3) is 0.583. The van der Waals surface area contributed by atoms with Crippen LogP contribution < -0.4 is 10.6 Å². The summed E-state index contributed by atoms with van der Waals surface area (Å²) in [6.45, 7) is 3.92. The van der Waals surface area contributed by atoms with E-state index in [0.29, 0.717) is 18.7 Å². The number of oxazole rings is 1. The maximum atomic E-state index is 11.5. The Morgan fingerprint density at radius 3 is 2.74 bits per heavy atom. The first kappa shape index (κ1) is 15.0. The molecule has 1 heterocycles. The Labute approximate surface area is 111 Å². The summed E-state index contributed by atoms with van der Waals surface area (Å²) in [5.74, 6) is 0.0994. The standard InChI is InChI=1S/C12H19N3O4/c1-3-5-9(11(16)17)15-12(18)14-7-10-13-6-8(4-2)19-10/h6,9H,3-5,7H2,1-2H3,(H,16,17)(H2,14,15,18)/t9-/m1/s1. The Morgan fingerprint density at radius 2 is 2.21 bits per heavy atom. The number of nitrogens with one attached hydrogen (secondary N) is 2. The van der Waals surface area contributed by atoms with Crippen LogP contribution in [-0.4, -0.2) is 28.1 Å². The van der Waals surface area contributed by atoms with Crippen molar-refractivity contribution in [2.45, 2.75) is 45.7 Å². The minimum absolute atomic E-state index is 0.129. The first-order valence-electron chi connectivity index (χ1n) is 6.27. The first-order chi connectivity index (χ1) is 9.06. The van der Waals surface area contributed by atoms with E-state index in [1.165, 1.54) is 0 Å². The highest BCUT2D eigenvalue weighted by atomic mass is 16.4. The molecule has 0 bridgehead atoms. The second kappa shape index (κ2) is 7.40. The van der Waals surface area contributed by atoms with Crippen molar-refractivity contribution >= 4 is 12.0 Å². The SMILES string of the molecule is CCC[C@@H](NC(=O)NCc1ncc(CC)o1)C(=O)O. The number of rotatable bonds is 7. The Balaban J connectivity index is 2.40. The van der Waals surface area contributed by atoms with Gasteiger partial charge in [0.2, 0.25) is 5.89 Å². The molecule has 0 radical (unpaired) electrons. The molecule has 7 nitrogen and oxygen atoms in total. The molecule has 1 aromatic rings. The number of urea groups is 1. The highest BCUT2D eigenvalue weighted by Gasteiger charge is 2.18. The average Bonchev–Trinajstić information content (AvgIpc) is 2.83. The van der Waals surface area contributed by atoms with Crippen LogP contribution in [0.25, 0.3) is 0 Å². The molecule has 0 spiro atoms. The number of aliphatic carboxylic acids is 1. The van der Waals surface area contributed by atoms with Gasteiger partial charge < -0.3 is 20.2 Å². The first-order valence-corrected chi connectivity index (χ1v) is 6.27. The summed E-state index contributed by atoms with van der Waals surface area (Å²) in [7, 11) is 0. The lowest BCUT2D eigenvalue weighted by molar-refractivity contribution is -0.139. The zero-order chi connectivity index (χ0) is 14.3. The van der Waals surface area contributed by atoms with E-state index in [9.17, 15) is 9.59 Å². The van der Waals surface area contributed by atoms with Gasteiger partial charge in [-0.05, 0) is 6.42 Å². The molecular formula is C12H19N3O4. The highest BCUT2D eigenvalue weighted by Crippen LogP contribution is 2.03. The van der Waals surface area contributed by atoms with Crippen molar-refractivity contribution in [1.82, 2.24) is 15.6 Å². The van der Waals surface area contributed by atoms with Crippen molar-refractivity contribution in [3.05, 3.63) is 17.8 Å². The molecule has 7 heteroatoms. The van der Waals surface area contributed by atoms with Crippen LogP contribution in [0, 0.1) is 0 Å². The average molecular weight is 269 g/mol. The van der Waals surface area contributed by atoms with Gasteiger partial charge in [0.25, 0.3) is 0 Å². The van der Waals surface area contributed by atoms with Crippen LogP contribution in [0.3, 0.4) is 0 Å². The molecule has 3 N–H and O–H groups in total. The molecule has 1 aromatic heterocycles. The van der Waals surface area contributed by atoms with E-state index in [1.54, 1.807) is 6.20 Å². The molecule has 1 rings (SSSR count). The van der Waals surface area contributed by atoms with Gasteiger partial charge >= 0.3 is 12.0 Å². The van der Waals surface area contributed by atoms with Gasteiger partial charge in [0, 0.05) is 6.42 Å². The second-order valence-corrected chi connectivity index (χ2v) is 4.08. The van der Waals surface area contributed by atoms with E-state index < -0.39 is 18.0 Å². The van der Waals surface area contributed by atoms with Crippen LogP contribution in [0.1, 0.15) is 38.3 Å². The number of amides is 2. The monoisotopic (exact) mass is 269 g/mol. The normalized spacial score (nSPS) is 11.9. The number of aryl methyl sites for hydroxylation is 1. The van der Waals surface area contributed by atoms with E-state index >= 15 is 0 Å². The van der Waals surface area contributed by atoms with Crippen LogP contribution in [0.5, 0.6) is 0 Å². The van der Waals surface area contributed by atoms with Crippen LogP contribution >= 0.6 is 0 Å². The fourth-order valence-electron chi connectivity index (χ4n) is 1.50. The van der Waals surface area contributed by atoms with Gasteiger partial charge in [0.15, 0.2) is 0 Å². The van der Waals surface area contributed by atoms with Crippen molar-refractivity contribution < 1.29 is 19.1 Å². The maximum absolute atomic E-state index is 11.5. The predicted octanol–water partition coefficient (Wildman–Crippen LogP) is 1.29. The summed E-state index contributed by atoms with van der Waals surface area (Å²) in [5.41, 5.74) is 0. The Morgan fingerprint density at radius 1 is 1.47 bits per heavy atom. The zero-order valence-electron chi connectivity index (χ0n) is 11.1. The third-order valence-corrected chi connectivity index (χ3v) is 2.53. The summed E-state index contributed by atoms with van der Waals surface area (Å²) < 4.78 is 5.31. The number of nitrogens with zero attached hydrogens (tertiary/aromatic N) is 1. The Kier molecular flexibility index (Phi) is 5.84. The summed E-state index contributed by atoms with van der Waals surface area (Å²) in [6, 6.07) is -1.42. The number of hydrogen-bond acceptors (Lipinski definition) is 4. The molecule has 0 saturated carbocycles. The number of carboxylic acids is 1. The molecule has 2 amide bonds. The molecule has 0 saturated heterocycles. The lowest BCUT2D eigenvalue weighted by Crippen LogP contribution is -2.45. The smallest absolute Gasteiger partial charge is 0.326 e. The lowest BCUT2D eigenvalue weighted by atomic mass is 10.2. The Bertz CT molecular complexity index is 430.